The lowest BCUT2D eigenvalue weighted by molar-refractivity contribution is 0.674. The van der Waals surface area contributed by atoms with Gasteiger partial charge in [0.05, 0.1) is 5.69 Å². The van der Waals surface area contributed by atoms with Crippen LogP contribution in [-0.4, -0.2) is 0 Å². The predicted molar refractivity (Wildman–Crippen MR) is 212 cm³/mol. The molecular formula is C48H31NO. The van der Waals surface area contributed by atoms with E-state index in [0.717, 1.165) is 50.1 Å². The highest BCUT2D eigenvalue weighted by Gasteiger charge is 2.19. The lowest BCUT2D eigenvalue weighted by Crippen LogP contribution is -2.11. The third kappa shape index (κ3) is 4.57. The van der Waals surface area contributed by atoms with Gasteiger partial charge in [-0.25, -0.2) is 0 Å². The van der Waals surface area contributed by atoms with Gasteiger partial charge in [0.1, 0.15) is 11.2 Å². The third-order valence-corrected chi connectivity index (χ3v) is 10.0. The van der Waals surface area contributed by atoms with E-state index in [9.17, 15) is 0 Å². The van der Waals surface area contributed by atoms with E-state index in [1.54, 1.807) is 0 Å². The zero-order valence-corrected chi connectivity index (χ0v) is 27.3. The quantitative estimate of drug-likeness (QED) is 0.175. The first-order valence-electron chi connectivity index (χ1n) is 17.1. The van der Waals surface area contributed by atoms with Gasteiger partial charge in [0.2, 0.25) is 0 Å². The van der Waals surface area contributed by atoms with Gasteiger partial charge in [0, 0.05) is 38.7 Å². The van der Waals surface area contributed by atoms with Crippen molar-refractivity contribution in [2.24, 2.45) is 0 Å². The maximum atomic E-state index is 6.87. The minimum Gasteiger partial charge on any atom is -0.455 e. The van der Waals surface area contributed by atoms with Crippen LogP contribution in [0.2, 0.25) is 0 Å². The van der Waals surface area contributed by atoms with Gasteiger partial charge >= 0.3 is 0 Å². The van der Waals surface area contributed by atoms with Crippen molar-refractivity contribution in [3.63, 3.8) is 0 Å². The standard InChI is InChI=1S/C48H31NO/c1-2-12-33(13-3-1)40-16-8-9-20-45(40)49(39-29-23-32-11-4-5-15-37(32)31-39)38-27-24-35(25-28-38)42-18-10-19-43-44-30-26-36-22-21-34-14-6-7-17-41(34)46(36)48(44)50-47(42)43/h1-31H. The molecule has 0 bridgehead atoms. The fourth-order valence-corrected chi connectivity index (χ4v) is 7.63. The Morgan fingerprint density at radius 3 is 1.82 bits per heavy atom. The Balaban J connectivity index is 1.14. The molecule has 2 nitrogen and oxygen atoms in total. The average Bonchev–Trinajstić information content (AvgIpc) is 3.58. The fourth-order valence-electron chi connectivity index (χ4n) is 7.63. The van der Waals surface area contributed by atoms with E-state index in [2.05, 4.69) is 193 Å². The van der Waals surface area contributed by atoms with Gasteiger partial charge < -0.3 is 9.32 Å². The molecule has 0 atom stereocenters. The Morgan fingerprint density at radius 1 is 0.340 bits per heavy atom. The molecule has 1 aromatic heterocycles. The van der Waals surface area contributed by atoms with Crippen molar-refractivity contribution in [2.75, 3.05) is 4.90 Å². The summed E-state index contributed by atoms with van der Waals surface area (Å²) in [6.45, 7) is 0. The van der Waals surface area contributed by atoms with E-state index < -0.39 is 0 Å². The van der Waals surface area contributed by atoms with E-state index in [1.165, 1.54) is 43.4 Å². The Hall–Kier alpha value is -6.64. The van der Waals surface area contributed by atoms with Gasteiger partial charge in [0.15, 0.2) is 0 Å². The van der Waals surface area contributed by atoms with E-state index in [1.807, 2.05) is 0 Å². The molecule has 0 amide bonds. The Morgan fingerprint density at radius 2 is 0.940 bits per heavy atom. The van der Waals surface area contributed by atoms with Crippen LogP contribution in [0.5, 0.6) is 0 Å². The smallest absolute Gasteiger partial charge is 0.143 e. The molecule has 0 fully saturated rings. The Kier molecular flexibility index (Phi) is 6.53. The molecular weight excluding hydrogens is 607 g/mol. The number of fused-ring (bicyclic) bond motifs is 8. The average molecular weight is 638 g/mol. The van der Waals surface area contributed by atoms with Crippen molar-refractivity contribution in [3.05, 3.63) is 188 Å². The molecule has 0 spiro atoms. The Labute approximate surface area is 290 Å². The summed E-state index contributed by atoms with van der Waals surface area (Å²) in [7, 11) is 0. The van der Waals surface area contributed by atoms with Crippen LogP contribution in [0.4, 0.5) is 17.1 Å². The molecule has 2 heteroatoms. The number of para-hydroxylation sites is 2. The number of hydrogen-bond acceptors (Lipinski definition) is 2. The van der Waals surface area contributed by atoms with Crippen molar-refractivity contribution in [1.82, 2.24) is 0 Å². The van der Waals surface area contributed by atoms with Crippen LogP contribution in [0.25, 0.3) is 76.5 Å². The minimum absolute atomic E-state index is 0.913. The van der Waals surface area contributed by atoms with Crippen LogP contribution in [0.3, 0.4) is 0 Å². The van der Waals surface area contributed by atoms with Gasteiger partial charge in [0.25, 0.3) is 0 Å². The summed E-state index contributed by atoms with van der Waals surface area (Å²) < 4.78 is 6.87. The second-order valence-electron chi connectivity index (χ2n) is 12.9. The number of furan rings is 1. The first-order valence-corrected chi connectivity index (χ1v) is 17.1. The van der Waals surface area contributed by atoms with Crippen molar-refractivity contribution >= 4 is 71.3 Å². The number of benzene rings is 9. The Bertz CT molecular complexity index is 2870. The molecule has 1 heterocycles. The summed E-state index contributed by atoms with van der Waals surface area (Å²) in [4.78, 5) is 2.37. The van der Waals surface area contributed by atoms with E-state index >= 15 is 0 Å². The summed E-state index contributed by atoms with van der Waals surface area (Å²) in [5, 5.41) is 9.49. The lowest BCUT2D eigenvalue weighted by atomic mass is 9.98. The summed E-state index contributed by atoms with van der Waals surface area (Å²) in [5.41, 5.74) is 9.73. The highest BCUT2D eigenvalue weighted by atomic mass is 16.3. The van der Waals surface area contributed by atoms with Gasteiger partial charge in [-0.3, -0.25) is 0 Å². The molecule has 10 rings (SSSR count). The van der Waals surface area contributed by atoms with E-state index in [4.69, 9.17) is 4.42 Å². The predicted octanol–water partition coefficient (Wildman–Crippen LogP) is 13.8. The minimum atomic E-state index is 0.913. The van der Waals surface area contributed by atoms with Crippen LogP contribution in [-0.2, 0) is 0 Å². The maximum absolute atomic E-state index is 6.87. The van der Waals surface area contributed by atoms with Crippen LogP contribution >= 0.6 is 0 Å². The van der Waals surface area contributed by atoms with E-state index in [0.29, 0.717) is 0 Å². The third-order valence-electron chi connectivity index (χ3n) is 10.0. The van der Waals surface area contributed by atoms with E-state index in [-0.39, 0.29) is 0 Å². The SMILES string of the molecule is c1ccc(-c2ccccc2N(c2ccc(-c3cccc4c3oc3c4ccc4ccc5ccccc5c43)cc2)c2ccc3ccccc3c2)cc1. The van der Waals surface area contributed by atoms with Gasteiger partial charge in [-0.2, -0.15) is 0 Å². The number of hydrogen-bond donors (Lipinski definition) is 0. The molecule has 9 aromatic carbocycles. The number of nitrogens with zero attached hydrogens (tertiary/aromatic N) is 1. The molecule has 0 saturated carbocycles. The van der Waals surface area contributed by atoms with Crippen LogP contribution < -0.4 is 4.90 Å². The van der Waals surface area contributed by atoms with Gasteiger partial charge in [-0.15, -0.1) is 0 Å². The first-order chi connectivity index (χ1) is 24.8. The molecule has 0 aliphatic carbocycles. The topological polar surface area (TPSA) is 16.4 Å². The van der Waals surface area contributed by atoms with Crippen molar-refractivity contribution in [1.29, 1.82) is 0 Å². The molecule has 0 saturated heterocycles. The zero-order valence-electron chi connectivity index (χ0n) is 27.3. The second-order valence-corrected chi connectivity index (χ2v) is 12.9. The highest BCUT2D eigenvalue weighted by molar-refractivity contribution is 6.24. The molecule has 10 aromatic rings. The van der Waals surface area contributed by atoms with Crippen LogP contribution in [0, 0.1) is 0 Å². The summed E-state index contributed by atoms with van der Waals surface area (Å²) in [6.07, 6.45) is 0. The largest absolute Gasteiger partial charge is 0.455 e. The van der Waals surface area contributed by atoms with Crippen LogP contribution in [0.1, 0.15) is 0 Å². The highest BCUT2D eigenvalue weighted by Crippen LogP contribution is 2.44. The molecule has 0 N–H and O–H groups in total. The first kappa shape index (κ1) is 28.4. The van der Waals surface area contributed by atoms with Crippen molar-refractivity contribution < 1.29 is 4.42 Å². The zero-order chi connectivity index (χ0) is 33.0. The molecule has 0 aliphatic rings. The summed E-state index contributed by atoms with van der Waals surface area (Å²) in [6, 6.07) is 67.4. The second kappa shape index (κ2) is 11.5. The number of anilines is 3. The fraction of sp³-hybridized carbons (Fsp3) is 0. The summed E-state index contributed by atoms with van der Waals surface area (Å²) >= 11 is 0. The normalized spacial score (nSPS) is 11.6. The molecule has 0 aliphatic heterocycles. The molecule has 0 radical (unpaired) electrons. The summed E-state index contributed by atoms with van der Waals surface area (Å²) in [5.74, 6) is 0. The van der Waals surface area contributed by atoms with Crippen LogP contribution in [0.15, 0.2) is 192 Å². The van der Waals surface area contributed by atoms with Gasteiger partial charge in [-0.1, -0.05) is 152 Å². The van der Waals surface area contributed by atoms with Gasteiger partial charge in [-0.05, 0) is 74.5 Å². The molecule has 234 valence electrons. The molecule has 0 unspecified atom stereocenters. The van der Waals surface area contributed by atoms with Crippen molar-refractivity contribution in [2.45, 2.75) is 0 Å². The maximum Gasteiger partial charge on any atom is 0.143 e. The van der Waals surface area contributed by atoms with Crippen molar-refractivity contribution in [3.8, 4) is 22.3 Å². The number of rotatable bonds is 5. The lowest BCUT2D eigenvalue weighted by Gasteiger charge is -2.28. The molecule has 50 heavy (non-hydrogen) atoms. The monoisotopic (exact) mass is 637 g/mol.